The molecule has 0 aromatic heterocycles. The fourth-order valence-electron chi connectivity index (χ4n) is 1.82. The Morgan fingerprint density at radius 1 is 1.50 bits per heavy atom. The SMILES string of the molecule is CCSCCCN1CCC(C)C(Br)C1. The Balaban J connectivity index is 2.07. The highest BCUT2D eigenvalue weighted by Crippen LogP contribution is 2.23. The maximum absolute atomic E-state index is 3.77. The van der Waals surface area contributed by atoms with Gasteiger partial charge in [-0.25, -0.2) is 0 Å². The first-order chi connectivity index (χ1) is 6.74. The van der Waals surface area contributed by atoms with Gasteiger partial charge in [0, 0.05) is 11.4 Å². The van der Waals surface area contributed by atoms with Gasteiger partial charge in [-0.1, -0.05) is 29.8 Å². The van der Waals surface area contributed by atoms with Crippen LogP contribution in [0.2, 0.25) is 0 Å². The summed E-state index contributed by atoms with van der Waals surface area (Å²) in [5.41, 5.74) is 0. The zero-order chi connectivity index (χ0) is 10.4. The summed E-state index contributed by atoms with van der Waals surface area (Å²) in [6.07, 6.45) is 2.71. The predicted octanol–water partition coefficient (Wildman–Crippen LogP) is 3.23. The van der Waals surface area contributed by atoms with Gasteiger partial charge in [0.05, 0.1) is 0 Å². The van der Waals surface area contributed by atoms with E-state index in [1.807, 2.05) is 0 Å². The standard InChI is InChI=1S/C11H22BrNS/c1-3-14-8-4-6-13-7-5-10(2)11(12)9-13/h10-11H,3-9H2,1-2H3. The molecular weight excluding hydrogens is 258 g/mol. The molecule has 0 spiro atoms. The average molecular weight is 280 g/mol. The maximum atomic E-state index is 3.77. The van der Waals surface area contributed by atoms with E-state index in [4.69, 9.17) is 0 Å². The molecule has 14 heavy (non-hydrogen) atoms. The number of hydrogen-bond donors (Lipinski definition) is 0. The van der Waals surface area contributed by atoms with Crippen LogP contribution < -0.4 is 0 Å². The summed E-state index contributed by atoms with van der Waals surface area (Å²) in [7, 11) is 0. The molecule has 0 aliphatic carbocycles. The van der Waals surface area contributed by atoms with Gasteiger partial charge in [0.15, 0.2) is 0 Å². The molecule has 0 radical (unpaired) electrons. The van der Waals surface area contributed by atoms with Crippen LogP contribution in [0.1, 0.15) is 26.7 Å². The molecule has 1 aliphatic rings. The molecule has 0 saturated carbocycles. The molecule has 1 nitrogen and oxygen atoms in total. The average Bonchev–Trinajstić information content (AvgIpc) is 2.18. The van der Waals surface area contributed by atoms with E-state index in [9.17, 15) is 0 Å². The Morgan fingerprint density at radius 2 is 2.29 bits per heavy atom. The van der Waals surface area contributed by atoms with E-state index >= 15 is 0 Å². The topological polar surface area (TPSA) is 3.24 Å². The van der Waals surface area contributed by atoms with E-state index in [-0.39, 0.29) is 0 Å². The smallest absolute Gasteiger partial charge is 0.0299 e. The van der Waals surface area contributed by atoms with Crippen LogP contribution in [0.5, 0.6) is 0 Å². The lowest BCUT2D eigenvalue weighted by molar-refractivity contribution is 0.202. The Hall–Kier alpha value is 0.790. The fourth-order valence-corrected chi connectivity index (χ4v) is 3.12. The molecule has 2 atom stereocenters. The van der Waals surface area contributed by atoms with Crippen LogP contribution in [-0.2, 0) is 0 Å². The Morgan fingerprint density at radius 3 is 2.93 bits per heavy atom. The van der Waals surface area contributed by atoms with Gasteiger partial charge >= 0.3 is 0 Å². The van der Waals surface area contributed by atoms with Gasteiger partial charge in [0.1, 0.15) is 0 Å². The number of nitrogens with zero attached hydrogens (tertiary/aromatic N) is 1. The maximum Gasteiger partial charge on any atom is 0.0299 e. The molecule has 0 aromatic rings. The van der Waals surface area contributed by atoms with E-state index in [0.29, 0.717) is 0 Å². The summed E-state index contributed by atoms with van der Waals surface area (Å²) in [6.45, 7) is 8.44. The molecule has 1 fully saturated rings. The summed E-state index contributed by atoms with van der Waals surface area (Å²) in [4.78, 5) is 3.32. The molecule has 1 saturated heterocycles. The van der Waals surface area contributed by atoms with Crippen LogP contribution in [0.15, 0.2) is 0 Å². The van der Waals surface area contributed by atoms with Crippen molar-refractivity contribution in [2.45, 2.75) is 31.5 Å². The highest BCUT2D eigenvalue weighted by molar-refractivity contribution is 9.09. The molecule has 84 valence electrons. The van der Waals surface area contributed by atoms with Crippen molar-refractivity contribution in [3.8, 4) is 0 Å². The molecule has 0 aromatic carbocycles. The van der Waals surface area contributed by atoms with Crippen LogP contribution in [0.4, 0.5) is 0 Å². The van der Waals surface area contributed by atoms with Crippen LogP contribution >= 0.6 is 27.7 Å². The van der Waals surface area contributed by atoms with Crippen molar-refractivity contribution in [1.82, 2.24) is 4.90 Å². The summed E-state index contributed by atoms with van der Waals surface area (Å²) in [5.74, 6) is 3.45. The second-order valence-corrected chi connectivity index (χ2v) is 6.70. The summed E-state index contributed by atoms with van der Waals surface area (Å²) < 4.78 is 0. The van der Waals surface area contributed by atoms with Crippen molar-refractivity contribution < 1.29 is 0 Å². The minimum absolute atomic E-state index is 0.718. The predicted molar refractivity (Wildman–Crippen MR) is 70.6 cm³/mol. The Bertz CT molecular complexity index is 154. The van der Waals surface area contributed by atoms with Gasteiger partial charge in [0.25, 0.3) is 0 Å². The molecule has 3 heteroatoms. The van der Waals surface area contributed by atoms with Crippen molar-refractivity contribution in [3.05, 3.63) is 0 Å². The number of piperidine rings is 1. The molecule has 0 bridgehead atoms. The number of thioether (sulfide) groups is 1. The largest absolute Gasteiger partial charge is 0.302 e. The quantitative estimate of drug-likeness (QED) is 0.562. The van der Waals surface area contributed by atoms with E-state index in [1.54, 1.807) is 0 Å². The first-order valence-corrected chi connectivity index (χ1v) is 7.75. The lowest BCUT2D eigenvalue weighted by Gasteiger charge is -2.34. The summed E-state index contributed by atoms with van der Waals surface area (Å²) >= 11 is 5.83. The van der Waals surface area contributed by atoms with E-state index in [2.05, 4.69) is 46.4 Å². The van der Waals surface area contributed by atoms with Crippen molar-refractivity contribution in [2.75, 3.05) is 31.1 Å². The number of halogens is 1. The van der Waals surface area contributed by atoms with Crippen LogP contribution in [0, 0.1) is 5.92 Å². The highest BCUT2D eigenvalue weighted by atomic mass is 79.9. The first kappa shape index (κ1) is 12.9. The normalized spacial score (nSPS) is 29.4. The Labute approximate surface area is 101 Å². The van der Waals surface area contributed by atoms with Gasteiger partial charge < -0.3 is 4.90 Å². The van der Waals surface area contributed by atoms with E-state index < -0.39 is 0 Å². The Kier molecular flexibility index (Phi) is 6.55. The van der Waals surface area contributed by atoms with Crippen molar-refractivity contribution >= 4 is 27.7 Å². The minimum Gasteiger partial charge on any atom is -0.302 e. The van der Waals surface area contributed by atoms with Gasteiger partial charge in [-0.3, -0.25) is 0 Å². The molecule has 0 N–H and O–H groups in total. The van der Waals surface area contributed by atoms with E-state index in [0.717, 1.165) is 10.7 Å². The number of likely N-dealkylation sites (tertiary alicyclic amines) is 1. The highest BCUT2D eigenvalue weighted by Gasteiger charge is 2.23. The zero-order valence-corrected chi connectivity index (χ0v) is 11.7. The molecule has 1 aliphatic heterocycles. The lowest BCUT2D eigenvalue weighted by Crippen LogP contribution is -2.40. The summed E-state index contributed by atoms with van der Waals surface area (Å²) in [5, 5.41) is 0. The zero-order valence-electron chi connectivity index (χ0n) is 9.34. The van der Waals surface area contributed by atoms with Gasteiger partial charge in [-0.15, -0.1) is 0 Å². The molecular formula is C11H22BrNS. The van der Waals surface area contributed by atoms with Crippen molar-refractivity contribution in [2.24, 2.45) is 5.92 Å². The molecule has 0 amide bonds. The first-order valence-electron chi connectivity index (χ1n) is 5.68. The van der Waals surface area contributed by atoms with Gasteiger partial charge in [-0.05, 0) is 43.4 Å². The van der Waals surface area contributed by atoms with Crippen LogP contribution in [-0.4, -0.2) is 40.9 Å². The van der Waals surface area contributed by atoms with Crippen molar-refractivity contribution in [1.29, 1.82) is 0 Å². The monoisotopic (exact) mass is 279 g/mol. The third-order valence-corrected chi connectivity index (χ3v) is 5.10. The second kappa shape index (κ2) is 7.13. The number of alkyl halides is 1. The van der Waals surface area contributed by atoms with Gasteiger partial charge in [-0.2, -0.15) is 11.8 Å². The second-order valence-electron chi connectivity index (χ2n) is 4.13. The lowest BCUT2D eigenvalue weighted by atomic mass is 9.99. The third kappa shape index (κ3) is 4.54. The van der Waals surface area contributed by atoms with Gasteiger partial charge in [0.2, 0.25) is 0 Å². The fraction of sp³-hybridized carbons (Fsp3) is 1.00. The minimum atomic E-state index is 0.718. The van der Waals surface area contributed by atoms with Crippen molar-refractivity contribution in [3.63, 3.8) is 0 Å². The molecule has 1 heterocycles. The number of hydrogen-bond acceptors (Lipinski definition) is 2. The van der Waals surface area contributed by atoms with E-state index in [1.165, 1.54) is 44.0 Å². The number of rotatable bonds is 5. The van der Waals surface area contributed by atoms with Crippen LogP contribution in [0.25, 0.3) is 0 Å². The third-order valence-electron chi connectivity index (χ3n) is 2.92. The molecule has 1 rings (SSSR count). The molecule has 2 unspecified atom stereocenters. The van der Waals surface area contributed by atoms with Crippen LogP contribution in [0.3, 0.4) is 0 Å². The summed E-state index contributed by atoms with van der Waals surface area (Å²) in [6, 6.07) is 0.